The highest BCUT2D eigenvalue weighted by molar-refractivity contribution is 5.92. The molecule has 2 saturated heterocycles. The van der Waals surface area contributed by atoms with Gasteiger partial charge in [0.25, 0.3) is 0 Å². The molecule has 0 aromatic carbocycles. The Kier molecular flexibility index (Phi) is 5.89. The molecule has 0 spiro atoms. The van der Waals surface area contributed by atoms with Crippen LogP contribution in [0.5, 0.6) is 0 Å². The van der Waals surface area contributed by atoms with Gasteiger partial charge < -0.3 is 15.0 Å². The maximum atomic E-state index is 12.3. The lowest BCUT2D eigenvalue weighted by Gasteiger charge is -2.33. The van der Waals surface area contributed by atoms with E-state index in [1.807, 2.05) is 10.7 Å². The first-order valence-corrected chi connectivity index (χ1v) is 9.28. The summed E-state index contributed by atoms with van der Waals surface area (Å²) in [5, 5.41) is 7.52. The second kappa shape index (κ2) is 8.12. The summed E-state index contributed by atoms with van der Waals surface area (Å²) in [5.41, 5.74) is 0. The highest BCUT2D eigenvalue weighted by Gasteiger charge is 2.26. The summed E-state index contributed by atoms with van der Waals surface area (Å²) in [5.74, 6) is 1.62. The zero-order chi connectivity index (χ0) is 16.9. The van der Waals surface area contributed by atoms with Crippen molar-refractivity contribution in [2.24, 2.45) is 11.8 Å². The number of rotatable bonds is 6. The van der Waals surface area contributed by atoms with Gasteiger partial charge in [0.2, 0.25) is 5.91 Å². The normalized spacial score (nSPS) is 23.0. The van der Waals surface area contributed by atoms with Crippen LogP contribution in [0.1, 0.15) is 45.6 Å². The fraction of sp³-hybridized carbons (Fsp3) is 0.778. The van der Waals surface area contributed by atoms with Crippen molar-refractivity contribution in [2.75, 3.05) is 38.2 Å². The SMILES string of the molecule is CC(C)CCN1CCC(n2nccc2NC(=O)[C@H]2CCOC2)CC1. The first kappa shape index (κ1) is 17.4. The van der Waals surface area contributed by atoms with E-state index < -0.39 is 0 Å². The first-order valence-electron chi connectivity index (χ1n) is 9.28. The molecule has 1 atom stereocenters. The van der Waals surface area contributed by atoms with Crippen LogP contribution in [0.25, 0.3) is 0 Å². The van der Waals surface area contributed by atoms with Crippen LogP contribution in [0.4, 0.5) is 5.82 Å². The van der Waals surface area contributed by atoms with Gasteiger partial charge in [0.05, 0.1) is 24.8 Å². The van der Waals surface area contributed by atoms with E-state index >= 15 is 0 Å². The molecule has 1 amide bonds. The Morgan fingerprint density at radius 1 is 1.38 bits per heavy atom. The summed E-state index contributed by atoms with van der Waals surface area (Å²) >= 11 is 0. The number of amides is 1. The van der Waals surface area contributed by atoms with Gasteiger partial charge in [0.15, 0.2) is 0 Å². The largest absolute Gasteiger partial charge is 0.381 e. The third-order valence-electron chi connectivity index (χ3n) is 5.15. The lowest BCUT2D eigenvalue weighted by Crippen LogP contribution is -2.36. The van der Waals surface area contributed by atoms with E-state index in [0.717, 1.165) is 44.1 Å². The molecule has 1 N–H and O–H groups in total. The van der Waals surface area contributed by atoms with Crippen LogP contribution in [0, 0.1) is 11.8 Å². The smallest absolute Gasteiger partial charge is 0.231 e. The van der Waals surface area contributed by atoms with Crippen molar-refractivity contribution < 1.29 is 9.53 Å². The number of hydrogen-bond donors (Lipinski definition) is 1. The Hall–Kier alpha value is -1.40. The molecular formula is C18H30N4O2. The molecule has 0 aliphatic carbocycles. The molecule has 0 unspecified atom stereocenters. The summed E-state index contributed by atoms with van der Waals surface area (Å²) in [6, 6.07) is 2.28. The van der Waals surface area contributed by atoms with Gasteiger partial charge in [-0.3, -0.25) is 4.79 Å². The average molecular weight is 334 g/mol. The maximum absolute atomic E-state index is 12.3. The number of hydrogen-bond acceptors (Lipinski definition) is 4. The predicted octanol–water partition coefficient (Wildman–Crippen LogP) is 2.54. The number of anilines is 1. The quantitative estimate of drug-likeness (QED) is 0.868. The molecule has 2 aliphatic rings. The lowest BCUT2D eigenvalue weighted by molar-refractivity contribution is -0.119. The lowest BCUT2D eigenvalue weighted by atomic mass is 10.0. The van der Waals surface area contributed by atoms with Crippen LogP contribution in [-0.4, -0.2) is 53.4 Å². The van der Waals surface area contributed by atoms with Gasteiger partial charge in [-0.05, 0) is 38.1 Å². The van der Waals surface area contributed by atoms with Gasteiger partial charge >= 0.3 is 0 Å². The van der Waals surface area contributed by atoms with E-state index in [2.05, 4.69) is 29.2 Å². The molecule has 2 fully saturated rings. The summed E-state index contributed by atoms with van der Waals surface area (Å²) in [6.07, 6.45) is 6.04. The standard InChI is InChI=1S/C18H30N4O2/c1-14(2)4-9-21-10-5-16(6-11-21)22-17(3-8-19-22)20-18(23)15-7-12-24-13-15/h3,8,14-16H,4-7,9-13H2,1-2H3,(H,20,23)/t15-/m0/s1. The Morgan fingerprint density at radius 2 is 2.17 bits per heavy atom. The highest BCUT2D eigenvalue weighted by atomic mass is 16.5. The summed E-state index contributed by atoms with van der Waals surface area (Å²) in [4.78, 5) is 14.9. The zero-order valence-corrected chi connectivity index (χ0v) is 14.9. The molecule has 3 heterocycles. The van der Waals surface area contributed by atoms with E-state index in [4.69, 9.17) is 4.74 Å². The van der Waals surface area contributed by atoms with Crippen LogP contribution in [0.2, 0.25) is 0 Å². The third kappa shape index (κ3) is 4.36. The van der Waals surface area contributed by atoms with E-state index in [1.54, 1.807) is 6.20 Å². The first-order chi connectivity index (χ1) is 11.6. The minimum atomic E-state index is -0.0220. The summed E-state index contributed by atoms with van der Waals surface area (Å²) in [7, 11) is 0. The molecule has 0 bridgehead atoms. The number of likely N-dealkylation sites (tertiary alicyclic amines) is 1. The molecule has 24 heavy (non-hydrogen) atoms. The van der Waals surface area contributed by atoms with E-state index in [-0.39, 0.29) is 11.8 Å². The molecule has 0 saturated carbocycles. The van der Waals surface area contributed by atoms with Crippen molar-refractivity contribution in [2.45, 2.75) is 45.6 Å². The van der Waals surface area contributed by atoms with Crippen molar-refractivity contribution in [1.29, 1.82) is 0 Å². The third-order valence-corrected chi connectivity index (χ3v) is 5.15. The van der Waals surface area contributed by atoms with Crippen LogP contribution in [0.15, 0.2) is 12.3 Å². The minimum Gasteiger partial charge on any atom is -0.381 e. The fourth-order valence-corrected chi connectivity index (χ4v) is 3.50. The van der Waals surface area contributed by atoms with Crippen LogP contribution in [-0.2, 0) is 9.53 Å². The Labute approximate surface area is 144 Å². The van der Waals surface area contributed by atoms with E-state index in [1.165, 1.54) is 13.0 Å². The summed E-state index contributed by atoms with van der Waals surface area (Å²) < 4.78 is 7.31. The zero-order valence-electron chi connectivity index (χ0n) is 14.9. The van der Waals surface area contributed by atoms with Gasteiger partial charge in [-0.1, -0.05) is 13.8 Å². The average Bonchev–Trinajstić information content (AvgIpc) is 3.25. The van der Waals surface area contributed by atoms with Crippen molar-refractivity contribution in [3.05, 3.63) is 12.3 Å². The Bertz CT molecular complexity index is 529. The Balaban J connectivity index is 1.53. The van der Waals surface area contributed by atoms with Crippen LogP contribution < -0.4 is 5.32 Å². The second-order valence-electron chi connectivity index (χ2n) is 7.47. The number of nitrogens with zero attached hydrogens (tertiary/aromatic N) is 3. The number of nitrogens with one attached hydrogen (secondary N) is 1. The number of carbonyl (C=O) groups excluding carboxylic acids is 1. The molecule has 1 aromatic heterocycles. The van der Waals surface area contributed by atoms with E-state index in [0.29, 0.717) is 19.3 Å². The Morgan fingerprint density at radius 3 is 2.83 bits per heavy atom. The van der Waals surface area contributed by atoms with Gasteiger partial charge in [-0.25, -0.2) is 4.68 Å². The topological polar surface area (TPSA) is 59.4 Å². The molecule has 134 valence electrons. The monoisotopic (exact) mass is 334 g/mol. The minimum absolute atomic E-state index is 0.0220. The number of aromatic nitrogens is 2. The molecule has 2 aliphatic heterocycles. The number of carbonyl (C=O) groups is 1. The molecule has 6 heteroatoms. The van der Waals surface area contributed by atoms with Crippen molar-refractivity contribution >= 4 is 11.7 Å². The van der Waals surface area contributed by atoms with Crippen LogP contribution in [0.3, 0.4) is 0 Å². The van der Waals surface area contributed by atoms with Crippen molar-refractivity contribution in [3.63, 3.8) is 0 Å². The molecule has 6 nitrogen and oxygen atoms in total. The molecular weight excluding hydrogens is 304 g/mol. The van der Waals surface area contributed by atoms with Gasteiger partial charge in [-0.2, -0.15) is 5.10 Å². The van der Waals surface area contributed by atoms with Crippen molar-refractivity contribution in [3.8, 4) is 0 Å². The number of ether oxygens (including phenoxy) is 1. The maximum Gasteiger partial charge on any atom is 0.231 e. The van der Waals surface area contributed by atoms with E-state index in [9.17, 15) is 4.79 Å². The highest BCUT2D eigenvalue weighted by Crippen LogP contribution is 2.26. The molecule has 3 rings (SSSR count). The predicted molar refractivity (Wildman–Crippen MR) is 93.9 cm³/mol. The van der Waals surface area contributed by atoms with Crippen molar-refractivity contribution in [1.82, 2.24) is 14.7 Å². The molecule has 1 aromatic rings. The van der Waals surface area contributed by atoms with Gasteiger partial charge in [-0.15, -0.1) is 0 Å². The van der Waals surface area contributed by atoms with Crippen LogP contribution >= 0.6 is 0 Å². The summed E-state index contributed by atoms with van der Waals surface area (Å²) in [6.45, 7) is 9.19. The fourth-order valence-electron chi connectivity index (χ4n) is 3.50. The molecule has 0 radical (unpaired) electrons. The van der Waals surface area contributed by atoms with Gasteiger partial charge in [0.1, 0.15) is 5.82 Å². The second-order valence-corrected chi connectivity index (χ2v) is 7.47. The number of piperidine rings is 1. The van der Waals surface area contributed by atoms with Gasteiger partial charge in [0, 0.05) is 25.8 Å².